The summed E-state index contributed by atoms with van der Waals surface area (Å²) >= 11 is 7.32. The lowest BCUT2D eigenvalue weighted by Crippen LogP contribution is -2.40. The van der Waals surface area contributed by atoms with Crippen molar-refractivity contribution in [2.45, 2.75) is 12.3 Å². The zero-order valence-electron chi connectivity index (χ0n) is 17.0. The molecule has 0 aliphatic rings. The van der Waals surface area contributed by atoms with Crippen LogP contribution in [0, 0.1) is 11.6 Å². The first-order chi connectivity index (χ1) is 15.3. The van der Waals surface area contributed by atoms with Gasteiger partial charge in [0.05, 0.1) is 22.3 Å². The van der Waals surface area contributed by atoms with E-state index in [1.165, 1.54) is 6.07 Å². The standard InChI is InChI=1S/C21H17ClF2N6OS/c1-21(12-9-27-30(2)10-12,17-15(22)4-3-7-25-17)11-26-18(31)20-29-28-19(32-20)14-6-5-13(23)8-16(14)24/h3-10H,11H2,1-2H3,(H,26,31). The zero-order valence-corrected chi connectivity index (χ0v) is 18.6. The van der Waals surface area contributed by atoms with Crippen molar-refractivity contribution in [1.82, 2.24) is 30.3 Å². The number of hydrogen-bond acceptors (Lipinski definition) is 6. The Morgan fingerprint density at radius 3 is 2.78 bits per heavy atom. The smallest absolute Gasteiger partial charge is 0.282 e. The number of hydrogen-bond donors (Lipinski definition) is 1. The van der Waals surface area contributed by atoms with Crippen LogP contribution < -0.4 is 5.32 Å². The molecule has 164 valence electrons. The summed E-state index contributed by atoms with van der Waals surface area (Å²) in [7, 11) is 1.79. The number of benzene rings is 1. The third-order valence-electron chi connectivity index (χ3n) is 5.01. The maximum Gasteiger partial charge on any atom is 0.282 e. The lowest BCUT2D eigenvalue weighted by molar-refractivity contribution is 0.0946. The van der Waals surface area contributed by atoms with E-state index in [0.717, 1.165) is 29.0 Å². The Balaban J connectivity index is 1.58. The van der Waals surface area contributed by atoms with Crippen molar-refractivity contribution < 1.29 is 13.6 Å². The van der Waals surface area contributed by atoms with Gasteiger partial charge < -0.3 is 5.32 Å². The predicted octanol–water partition coefficient (Wildman–Crippen LogP) is 4.00. The highest BCUT2D eigenvalue weighted by Crippen LogP contribution is 2.34. The van der Waals surface area contributed by atoms with Crippen molar-refractivity contribution in [2.75, 3.05) is 6.54 Å². The predicted molar refractivity (Wildman–Crippen MR) is 117 cm³/mol. The molecule has 0 saturated carbocycles. The SMILES string of the molecule is Cn1cc(C(C)(CNC(=O)c2nnc(-c3ccc(F)cc3F)s2)c2ncccc2Cl)cn1. The lowest BCUT2D eigenvalue weighted by Gasteiger charge is -2.29. The van der Waals surface area contributed by atoms with E-state index in [0.29, 0.717) is 10.7 Å². The van der Waals surface area contributed by atoms with Crippen LogP contribution in [0.2, 0.25) is 5.02 Å². The van der Waals surface area contributed by atoms with E-state index >= 15 is 0 Å². The lowest BCUT2D eigenvalue weighted by atomic mass is 9.80. The Morgan fingerprint density at radius 1 is 1.28 bits per heavy atom. The minimum atomic E-state index is -0.779. The van der Waals surface area contributed by atoms with Crippen LogP contribution in [0.1, 0.15) is 28.0 Å². The maximum atomic E-state index is 14.0. The molecule has 4 rings (SSSR count). The van der Waals surface area contributed by atoms with Crippen LogP contribution in [0.25, 0.3) is 10.6 Å². The summed E-state index contributed by atoms with van der Waals surface area (Å²) in [5.41, 5.74) is 0.690. The summed E-state index contributed by atoms with van der Waals surface area (Å²) in [4.78, 5) is 17.2. The van der Waals surface area contributed by atoms with Gasteiger partial charge in [0.15, 0.2) is 5.01 Å². The molecule has 1 atom stereocenters. The molecule has 0 spiro atoms. The van der Waals surface area contributed by atoms with E-state index in [1.54, 1.807) is 36.3 Å². The fraction of sp³-hybridized carbons (Fsp3) is 0.190. The van der Waals surface area contributed by atoms with Crippen LogP contribution in [0.4, 0.5) is 8.78 Å². The summed E-state index contributed by atoms with van der Waals surface area (Å²) in [6, 6.07) is 6.59. The second-order valence-electron chi connectivity index (χ2n) is 7.29. The van der Waals surface area contributed by atoms with Crippen molar-refractivity contribution in [3.05, 3.63) is 81.8 Å². The molecule has 7 nitrogen and oxygen atoms in total. The molecule has 0 bridgehead atoms. The van der Waals surface area contributed by atoms with E-state index in [-0.39, 0.29) is 22.1 Å². The number of aryl methyl sites for hydroxylation is 1. The molecule has 1 unspecified atom stereocenters. The quantitative estimate of drug-likeness (QED) is 0.456. The molecule has 0 aliphatic heterocycles. The number of halogens is 3. The fourth-order valence-electron chi connectivity index (χ4n) is 3.24. The van der Waals surface area contributed by atoms with Crippen LogP contribution in [-0.2, 0) is 12.5 Å². The number of aromatic nitrogens is 5. The van der Waals surface area contributed by atoms with Crippen molar-refractivity contribution in [1.29, 1.82) is 0 Å². The number of nitrogens with zero attached hydrogens (tertiary/aromatic N) is 5. The van der Waals surface area contributed by atoms with E-state index in [2.05, 4.69) is 25.6 Å². The minimum Gasteiger partial charge on any atom is -0.349 e. The van der Waals surface area contributed by atoms with Gasteiger partial charge in [0, 0.05) is 43.2 Å². The molecule has 3 heterocycles. The number of rotatable bonds is 6. The second-order valence-corrected chi connectivity index (χ2v) is 8.67. The van der Waals surface area contributed by atoms with Crippen LogP contribution >= 0.6 is 22.9 Å². The van der Waals surface area contributed by atoms with Gasteiger partial charge >= 0.3 is 0 Å². The third kappa shape index (κ3) is 4.23. The topological polar surface area (TPSA) is 85.6 Å². The Labute approximate surface area is 191 Å². The number of carbonyl (C=O) groups excluding carboxylic acids is 1. The van der Waals surface area contributed by atoms with E-state index in [4.69, 9.17) is 11.6 Å². The van der Waals surface area contributed by atoms with Crippen LogP contribution in [0.5, 0.6) is 0 Å². The van der Waals surface area contributed by atoms with Gasteiger partial charge in [-0.05, 0) is 31.2 Å². The van der Waals surface area contributed by atoms with Crippen LogP contribution in [-0.4, -0.2) is 37.4 Å². The number of carbonyl (C=O) groups is 1. The summed E-state index contributed by atoms with van der Waals surface area (Å²) in [6.45, 7) is 2.05. The van der Waals surface area contributed by atoms with Crippen molar-refractivity contribution >= 4 is 28.8 Å². The van der Waals surface area contributed by atoms with Gasteiger partial charge in [-0.2, -0.15) is 5.10 Å². The molecule has 3 aromatic heterocycles. The molecule has 32 heavy (non-hydrogen) atoms. The van der Waals surface area contributed by atoms with Crippen LogP contribution in [0.3, 0.4) is 0 Å². The van der Waals surface area contributed by atoms with E-state index in [1.807, 2.05) is 13.1 Å². The van der Waals surface area contributed by atoms with Gasteiger partial charge in [0.2, 0.25) is 5.01 Å². The highest BCUT2D eigenvalue weighted by atomic mass is 35.5. The summed E-state index contributed by atoms with van der Waals surface area (Å²) < 4.78 is 28.9. The van der Waals surface area contributed by atoms with Crippen molar-refractivity contribution in [3.8, 4) is 10.6 Å². The molecule has 0 aliphatic carbocycles. The third-order valence-corrected chi connectivity index (χ3v) is 6.27. The Bertz CT molecular complexity index is 1290. The molecule has 11 heteroatoms. The zero-order chi connectivity index (χ0) is 22.9. The molecule has 0 fully saturated rings. The number of nitrogens with one attached hydrogen (secondary N) is 1. The molecule has 1 aromatic carbocycles. The molecule has 0 saturated heterocycles. The van der Waals surface area contributed by atoms with Gasteiger partial charge in [0.25, 0.3) is 5.91 Å². The first-order valence-corrected chi connectivity index (χ1v) is 10.6. The highest BCUT2D eigenvalue weighted by molar-refractivity contribution is 7.16. The summed E-state index contributed by atoms with van der Waals surface area (Å²) in [5.74, 6) is -1.96. The second kappa shape index (κ2) is 8.71. The first kappa shape index (κ1) is 22.0. The first-order valence-electron chi connectivity index (χ1n) is 9.45. The normalized spacial score (nSPS) is 13.0. The monoisotopic (exact) mass is 474 g/mol. The van der Waals surface area contributed by atoms with Gasteiger partial charge in [-0.1, -0.05) is 22.9 Å². The van der Waals surface area contributed by atoms with Gasteiger partial charge in [-0.15, -0.1) is 10.2 Å². The van der Waals surface area contributed by atoms with Crippen molar-refractivity contribution in [3.63, 3.8) is 0 Å². The number of amides is 1. The fourth-order valence-corrected chi connectivity index (χ4v) is 4.36. The largest absolute Gasteiger partial charge is 0.349 e. The molecular weight excluding hydrogens is 458 g/mol. The van der Waals surface area contributed by atoms with E-state index in [9.17, 15) is 13.6 Å². The minimum absolute atomic E-state index is 0.0457. The van der Waals surface area contributed by atoms with Gasteiger partial charge in [-0.25, -0.2) is 8.78 Å². The van der Waals surface area contributed by atoms with Crippen molar-refractivity contribution in [2.24, 2.45) is 7.05 Å². The van der Waals surface area contributed by atoms with Gasteiger partial charge in [-0.3, -0.25) is 14.5 Å². The highest BCUT2D eigenvalue weighted by Gasteiger charge is 2.34. The molecule has 0 radical (unpaired) electrons. The molecule has 4 aromatic rings. The molecular formula is C21H17ClF2N6OS. The van der Waals surface area contributed by atoms with E-state index < -0.39 is 23.0 Å². The Kier molecular flexibility index (Phi) is 5.98. The van der Waals surface area contributed by atoms with Crippen LogP contribution in [0.15, 0.2) is 48.9 Å². The Morgan fingerprint density at radius 2 is 2.09 bits per heavy atom. The average Bonchev–Trinajstić information content (AvgIpc) is 3.42. The average molecular weight is 475 g/mol. The summed E-state index contributed by atoms with van der Waals surface area (Å²) in [5, 5.41) is 15.5. The Hall–Kier alpha value is -3.24. The summed E-state index contributed by atoms with van der Waals surface area (Å²) in [6.07, 6.45) is 5.15. The number of pyridine rings is 1. The maximum absolute atomic E-state index is 14.0. The molecule has 1 amide bonds. The molecule has 1 N–H and O–H groups in total. The van der Waals surface area contributed by atoms with Gasteiger partial charge in [0.1, 0.15) is 11.6 Å².